The molecule has 5 heteroatoms. The van der Waals surface area contributed by atoms with E-state index in [1.165, 1.54) is 6.07 Å². The topological polar surface area (TPSA) is 12.9 Å². The van der Waals surface area contributed by atoms with Crippen molar-refractivity contribution in [2.45, 2.75) is 12.3 Å². The van der Waals surface area contributed by atoms with E-state index in [-0.39, 0.29) is 11.4 Å². The molecule has 0 unspecified atom stereocenters. The Labute approximate surface area is 72.2 Å². The number of pyridine rings is 1. The molecule has 12 heavy (non-hydrogen) atoms. The number of aromatic nitrogens is 1. The van der Waals surface area contributed by atoms with Crippen LogP contribution in [-0.4, -0.2) is 4.98 Å². The van der Waals surface area contributed by atoms with Crippen LogP contribution < -0.4 is 0 Å². The Morgan fingerprint density at radius 1 is 1.42 bits per heavy atom. The van der Waals surface area contributed by atoms with Gasteiger partial charge in [-0.2, -0.15) is 4.39 Å². The average molecular weight is 196 g/mol. The smallest absolute Gasteiger partial charge is 0.218 e. The zero-order valence-corrected chi connectivity index (χ0v) is 6.65. The maximum absolute atomic E-state index is 12.4. The first kappa shape index (κ1) is 9.32. The van der Waals surface area contributed by atoms with Gasteiger partial charge < -0.3 is 0 Å². The molecular weight excluding hydrogens is 191 g/mol. The van der Waals surface area contributed by atoms with Crippen LogP contribution in [0.1, 0.15) is 17.7 Å². The molecule has 0 atom stereocenters. The number of hydrogen-bond donors (Lipinski definition) is 0. The van der Waals surface area contributed by atoms with Gasteiger partial charge in [-0.1, -0.05) is 6.07 Å². The highest BCUT2D eigenvalue weighted by atomic mass is 35.5. The van der Waals surface area contributed by atoms with Gasteiger partial charge in [0.25, 0.3) is 6.43 Å². The second-order valence-corrected chi connectivity index (χ2v) is 2.38. The molecule has 0 aromatic carbocycles. The van der Waals surface area contributed by atoms with Gasteiger partial charge in [-0.05, 0) is 11.6 Å². The van der Waals surface area contributed by atoms with E-state index in [0.29, 0.717) is 0 Å². The lowest BCUT2D eigenvalue weighted by Gasteiger charge is -2.03. The summed E-state index contributed by atoms with van der Waals surface area (Å²) in [6, 6.07) is 2.21. The van der Waals surface area contributed by atoms with E-state index < -0.39 is 18.1 Å². The summed E-state index contributed by atoms with van der Waals surface area (Å²) in [5.41, 5.74) is -0.418. The van der Waals surface area contributed by atoms with Gasteiger partial charge in [0.15, 0.2) is 0 Å². The molecule has 1 rings (SSSR count). The van der Waals surface area contributed by atoms with Crippen molar-refractivity contribution in [3.63, 3.8) is 0 Å². The van der Waals surface area contributed by atoms with Crippen LogP contribution >= 0.6 is 11.6 Å². The summed E-state index contributed by atoms with van der Waals surface area (Å²) in [6.45, 7) is 0. The lowest BCUT2D eigenvalue weighted by atomic mass is 10.2. The fourth-order valence-electron chi connectivity index (χ4n) is 0.781. The first-order chi connectivity index (χ1) is 5.65. The Balaban J connectivity index is 3.12. The lowest BCUT2D eigenvalue weighted by molar-refractivity contribution is 0.144. The third-order valence-corrected chi connectivity index (χ3v) is 1.62. The van der Waals surface area contributed by atoms with Crippen molar-refractivity contribution in [3.05, 3.63) is 29.3 Å². The first-order valence-corrected chi connectivity index (χ1v) is 3.68. The van der Waals surface area contributed by atoms with Crippen molar-refractivity contribution in [1.82, 2.24) is 4.98 Å². The molecule has 0 fully saturated rings. The van der Waals surface area contributed by atoms with Crippen LogP contribution in [0.25, 0.3) is 0 Å². The van der Waals surface area contributed by atoms with Gasteiger partial charge in [0.1, 0.15) is 5.69 Å². The largest absolute Gasteiger partial charge is 0.280 e. The molecule has 1 aromatic rings. The van der Waals surface area contributed by atoms with Crippen LogP contribution in [0.5, 0.6) is 0 Å². The summed E-state index contributed by atoms with van der Waals surface area (Å²) in [7, 11) is 0. The van der Waals surface area contributed by atoms with E-state index in [9.17, 15) is 13.2 Å². The molecule has 0 N–H and O–H groups in total. The van der Waals surface area contributed by atoms with Gasteiger partial charge in [-0.3, -0.25) is 0 Å². The molecule has 0 saturated carbocycles. The Kier molecular flexibility index (Phi) is 2.92. The molecule has 0 bridgehead atoms. The zero-order valence-electron chi connectivity index (χ0n) is 5.90. The minimum absolute atomic E-state index is 0.0903. The Hall–Kier alpha value is -0.770. The fourth-order valence-corrected chi connectivity index (χ4v) is 1.01. The van der Waals surface area contributed by atoms with Crippen molar-refractivity contribution < 1.29 is 13.2 Å². The molecule has 0 spiro atoms. The highest BCUT2D eigenvalue weighted by molar-refractivity contribution is 6.17. The molecule has 66 valence electrons. The highest BCUT2D eigenvalue weighted by Gasteiger charge is 2.14. The number of nitrogens with zero attached hydrogens (tertiary/aromatic N) is 1. The Morgan fingerprint density at radius 3 is 2.58 bits per heavy atom. The zero-order chi connectivity index (χ0) is 9.14. The first-order valence-electron chi connectivity index (χ1n) is 3.14. The van der Waals surface area contributed by atoms with Crippen molar-refractivity contribution in [1.29, 1.82) is 0 Å². The van der Waals surface area contributed by atoms with E-state index >= 15 is 0 Å². The lowest BCUT2D eigenvalue weighted by Crippen LogP contribution is -1.98. The highest BCUT2D eigenvalue weighted by Crippen LogP contribution is 2.21. The molecular formula is C7H5ClF3N. The monoisotopic (exact) mass is 195 g/mol. The second kappa shape index (κ2) is 3.76. The van der Waals surface area contributed by atoms with Gasteiger partial charge in [-0.25, -0.2) is 13.8 Å². The van der Waals surface area contributed by atoms with Crippen molar-refractivity contribution in [2.24, 2.45) is 0 Å². The SMILES string of the molecule is Fc1ccc(CCl)c(C(F)F)n1. The Bertz CT molecular complexity index is 277. The summed E-state index contributed by atoms with van der Waals surface area (Å²) in [6.07, 6.45) is -2.78. The van der Waals surface area contributed by atoms with Crippen LogP contribution in [0.3, 0.4) is 0 Å². The third-order valence-electron chi connectivity index (χ3n) is 1.33. The van der Waals surface area contributed by atoms with Crippen LogP contribution in [0.2, 0.25) is 0 Å². The van der Waals surface area contributed by atoms with Gasteiger partial charge in [0.2, 0.25) is 5.95 Å². The molecule has 0 aliphatic carbocycles. The minimum Gasteiger partial charge on any atom is -0.218 e. The molecule has 0 saturated heterocycles. The molecule has 1 aromatic heterocycles. The number of halogens is 4. The molecule has 0 radical (unpaired) electrons. The predicted octanol–water partition coefficient (Wildman–Crippen LogP) is 2.90. The normalized spacial score (nSPS) is 10.8. The molecule has 1 nitrogen and oxygen atoms in total. The van der Waals surface area contributed by atoms with Crippen LogP contribution in [0.4, 0.5) is 13.2 Å². The van der Waals surface area contributed by atoms with Gasteiger partial charge >= 0.3 is 0 Å². The van der Waals surface area contributed by atoms with E-state index in [1.807, 2.05) is 0 Å². The summed E-state index contributed by atoms with van der Waals surface area (Å²) in [4.78, 5) is 3.04. The van der Waals surface area contributed by atoms with Crippen molar-refractivity contribution >= 4 is 11.6 Å². The standard InChI is InChI=1S/C7H5ClF3N/c8-3-4-1-2-5(9)12-6(4)7(10)11/h1-2,7H,3H2. The van der Waals surface area contributed by atoms with E-state index in [0.717, 1.165) is 6.07 Å². The summed E-state index contributed by atoms with van der Waals surface area (Å²) in [5, 5.41) is 0. The summed E-state index contributed by atoms with van der Waals surface area (Å²) >= 11 is 5.33. The molecule has 0 aliphatic rings. The van der Waals surface area contributed by atoms with Crippen LogP contribution in [-0.2, 0) is 5.88 Å². The summed E-state index contributed by atoms with van der Waals surface area (Å²) < 4.78 is 36.6. The van der Waals surface area contributed by atoms with Gasteiger partial charge in [0, 0.05) is 5.88 Å². The van der Waals surface area contributed by atoms with Crippen molar-refractivity contribution in [3.8, 4) is 0 Å². The maximum atomic E-state index is 12.4. The minimum atomic E-state index is -2.78. The van der Waals surface area contributed by atoms with E-state index in [2.05, 4.69) is 4.98 Å². The number of rotatable bonds is 2. The van der Waals surface area contributed by atoms with Crippen LogP contribution in [0.15, 0.2) is 12.1 Å². The van der Waals surface area contributed by atoms with E-state index in [1.54, 1.807) is 0 Å². The van der Waals surface area contributed by atoms with Crippen LogP contribution in [0, 0.1) is 5.95 Å². The maximum Gasteiger partial charge on any atom is 0.280 e. The van der Waals surface area contributed by atoms with Crippen molar-refractivity contribution in [2.75, 3.05) is 0 Å². The average Bonchev–Trinajstić information content (AvgIpc) is 2.04. The quantitative estimate of drug-likeness (QED) is 0.522. The Morgan fingerprint density at radius 2 is 2.08 bits per heavy atom. The van der Waals surface area contributed by atoms with Gasteiger partial charge in [0.05, 0.1) is 0 Å². The fraction of sp³-hybridized carbons (Fsp3) is 0.286. The predicted molar refractivity (Wildman–Crippen MR) is 38.7 cm³/mol. The number of alkyl halides is 3. The number of hydrogen-bond acceptors (Lipinski definition) is 1. The third kappa shape index (κ3) is 1.88. The molecule has 1 heterocycles. The molecule has 0 amide bonds. The summed E-state index contributed by atoms with van der Waals surface area (Å²) in [5.74, 6) is -1.01. The van der Waals surface area contributed by atoms with E-state index in [4.69, 9.17) is 11.6 Å². The molecule has 0 aliphatic heterocycles. The second-order valence-electron chi connectivity index (χ2n) is 2.11. The van der Waals surface area contributed by atoms with Gasteiger partial charge in [-0.15, -0.1) is 11.6 Å².